The van der Waals surface area contributed by atoms with Gasteiger partial charge in [0.15, 0.2) is 0 Å². The quantitative estimate of drug-likeness (QED) is 0.762. The fourth-order valence-corrected chi connectivity index (χ4v) is 3.38. The van der Waals surface area contributed by atoms with Crippen LogP contribution in [0, 0.1) is 0 Å². The van der Waals surface area contributed by atoms with Gasteiger partial charge < -0.3 is 0 Å². The Bertz CT molecular complexity index is 606. The van der Waals surface area contributed by atoms with Gasteiger partial charge in [0.1, 0.15) is 0 Å². The molecule has 1 aromatic carbocycles. The molecule has 0 radical (unpaired) electrons. The summed E-state index contributed by atoms with van der Waals surface area (Å²) in [7, 11) is 0. The molecule has 2 aromatic rings. The lowest BCUT2D eigenvalue weighted by Gasteiger charge is -2.35. The van der Waals surface area contributed by atoms with Crippen LogP contribution in [0.3, 0.4) is 0 Å². The lowest BCUT2D eigenvalue weighted by Crippen LogP contribution is -2.40. The Morgan fingerprint density at radius 2 is 2.09 bits per heavy atom. The fraction of sp³-hybridized carbons (Fsp3) is 0.350. The molecule has 1 atom stereocenters. The molecule has 1 aromatic heterocycles. The second-order valence-corrected chi connectivity index (χ2v) is 6.08. The van der Waals surface area contributed by atoms with E-state index in [1.807, 2.05) is 24.5 Å². The van der Waals surface area contributed by atoms with Crippen molar-refractivity contribution in [1.29, 1.82) is 0 Å². The number of aromatic nitrogens is 1. The van der Waals surface area contributed by atoms with Crippen molar-refractivity contribution in [3.63, 3.8) is 0 Å². The molecule has 1 unspecified atom stereocenters. The lowest BCUT2D eigenvalue weighted by molar-refractivity contribution is 0.164. The zero-order chi connectivity index (χ0) is 15.2. The van der Waals surface area contributed by atoms with Gasteiger partial charge in [-0.3, -0.25) is 9.88 Å². The van der Waals surface area contributed by atoms with Crippen LogP contribution < -0.4 is 0 Å². The Morgan fingerprint density at radius 1 is 1.18 bits per heavy atom. The summed E-state index contributed by atoms with van der Waals surface area (Å²) >= 11 is 0. The first-order valence-electron chi connectivity index (χ1n) is 8.21. The number of pyridine rings is 1. The van der Waals surface area contributed by atoms with Crippen molar-refractivity contribution in [3.8, 4) is 11.1 Å². The maximum Gasteiger partial charge on any atom is 0.0346 e. The molecule has 1 aliphatic heterocycles. The lowest BCUT2D eigenvalue weighted by atomic mass is 9.94. The number of hydrogen-bond donors (Lipinski definition) is 0. The smallest absolute Gasteiger partial charge is 0.0346 e. The molecule has 0 amide bonds. The molecule has 3 rings (SSSR count). The molecule has 2 heteroatoms. The van der Waals surface area contributed by atoms with Crippen LogP contribution in [0.4, 0.5) is 0 Å². The standard InChI is InChI=1S/C20H24N2/c1-2-12-22-13-4-3-10-20(22)15-17-7-5-8-18(14-17)19-9-6-11-21-16-19/h2,5-9,11,14,16,20H,1,3-4,10,12-13,15H2. The molecule has 0 spiro atoms. The van der Waals surface area contributed by atoms with E-state index in [1.165, 1.54) is 42.5 Å². The summed E-state index contributed by atoms with van der Waals surface area (Å²) in [5.74, 6) is 0. The van der Waals surface area contributed by atoms with Crippen LogP contribution >= 0.6 is 0 Å². The van der Waals surface area contributed by atoms with E-state index in [0.717, 1.165) is 13.0 Å². The molecule has 1 fully saturated rings. The summed E-state index contributed by atoms with van der Waals surface area (Å²) in [5.41, 5.74) is 3.87. The summed E-state index contributed by atoms with van der Waals surface area (Å²) in [4.78, 5) is 6.80. The predicted molar refractivity (Wildman–Crippen MR) is 92.8 cm³/mol. The summed E-state index contributed by atoms with van der Waals surface area (Å²) in [6.07, 6.45) is 10.9. The minimum absolute atomic E-state index is 0.649. The maximum atomic E-state index is 4.22. The highest BCUT2D eigenvalue weighted by Crippen LogP contribution is 2.24. The molecule has 22 heavy (non-hydrogen) atoms. The molecule has 2 heterocycles. The molecule has 0 saturated carbocycles. The third-order valence-electron chi connectivity index (χ3n) is 4.51. The van der Waals surface area contributed by atoms with Crippen molar-refractivity contribution in [2.75, 3.05) is 13.1 Å². The van der Waals surface area contributed by atoms with E-state index in [-0.39, 0.29) is 0 Å². The first-order valence-corrected chi connectivity index (χ1v) is 8.21. The van der Waals surface area contributed by atoms with Crippen molar-refractivity contribution in [2.24, 2.45) is 0 Å². The van der Waals surface area contributed by atoms with Crippen molar-refractivity contribution in [2.45, 2.75) is 31.7 Å². The minimum atomic E-state index is 0.649. The highest BCUT2D eigenvalue weighted by atomic mass is 15.2. The van der Waals surface area contributed by atoms with Gasteiger partial charge in [-0.15, -0.1) is 6.58 Å². The summed E-state index contributed by atoms with van der Waals surface area (Å²) < 4.78 is 0. The second kappa shape index (κ2) is 7.37. The van der Waals surface area contributed by atoms with Gasteiger partial charge in [0.2, 0.25) is 0 Å². The van der Waals surface area contributed by atoms with E-state index in [4.69, 9.17) is 0 Å². The van der Waals surface area contributed by atoms with Gasteiger partial charge >= 0.3 is 0 Å². The number of hydrogen-bond acceptors (Lipinski definition) is 2. The molecule has 0 aliphatic carbocycles. The van der Waals surface area contributed by atoms with E-state index < -0.39 is 0 Å². The monoisotopic (exact) mass is 292 g/mol. The highest BCUT2D eigenvalue weighted by Gasteiger charge is 2.21. The molecule has 0 bridgehead atoms. The van der Waals surface area contributed by atoms with Crippen molar-refractivity contribution < 1.29 is 0 Å². The number of nitrogens with zero attached hydrogens (tertiary/aromatic N) is 2. The zero-order valence-electron chi connectivity index (χ0n) is 13.1. The predicted octanol–water partition coefficient (Wildman–Crippen LogP) is 4.33. The third kappa shape index (κ3) is 3.63. The molecule has 1 aliphatic rings. The average molecular weight is 292 g/mol. The van der Waals surface area contributed by atoms with Crippen LogP contribution in [0.15, 0.2) is 61.4 Å². The van der Waals surface area contributed by atoms with Gasteiger partial charge in [0.25, 0.3) is 0 Å². The summed E-state index contributed by atoms with van der Waals surface area (Å²) in [5, 5.41) is 0. The van der Waals surface area contributed by atoms with Gasteiger partial charge in [-0.2, -0.15) is 0 Å². The van der Waals surface area contributed by atoms with Crippen LogP contribution in [0.25, 0.3) is 11.1 Å². The van der Waals surface area contributed by atoms with E-state index in [2.05, 4.69) is 46.8 Å². The number of piperidine rings is 1. The van der Waals surface area contributed by atoms with Crippen molar-refractivity contribution in [3.05, 3.63) is 67.0 Å². The van der Waals surface area contributed by atoms with Gasteiger partial charge in [0, 0.05) is 25.0 Å². The van der Waals surface area contributed by atoms with Gasteiger partial charge in [-0.05, 0) is 48.6 Å². The number of rotatable bonds is 5. The van der Waals surface area contributed by atoms with Gasteiger partial charge in [-0.1, -0.05) is 42.8 Å². The van der Waals surface area contributed by atoms with Crippen LogP contribution in [-0.4, -0.2) is 29.0 Å². The zero-order valence-corrected chi connectivity index (χ0v) is 13.1. The second-order valence-electron chi connectivity index (χ2n) is 6.08. The number of benzene rings is 1. The maximum absolute atomic E-state index is 4.22. The van der Waals surface area contributed by atoms with E-state index in [1.54, 1.807) is 0 Å². The minimum Gasteiger partial charge on any atom is -0.296 e. The molecular formula is C20H24N2. The summed E-state index contributed by atoms with van der Waals surface area (Å²) in [6, 6.07) is 13.7. The van der Waals surface area contributed by atoms with Crippen LogP contribution in [-0.2, 0) is 6.42 Å². The van der Waals surface area contributed by atoms with Crippen molar-refractivity contribution >= 4 is 0 Å². The topological polar surface area (TPSA) is 16.1 Å². The third-order valence-corrected chi connectivity index (χ3v) is 4.51. The Hall–Kier alpha value is -1.93. The molecule has 114 valence electrons. The molecule has 2 nitrogen and oxygen atoms in total. The van der Waals surface area contributed by atoms with Crippen LogP contribution in [0.2, 0.25) is 0 Å². The molecule has 0 N–H and O–H groups in total. The molecule has 1 saturated heterocycles. The van der Waals surface area contributed by atoms with Gasteiger partial charge in [-0.25, -0.2) is 0 Å². The normalized spacial score (nSPS) is 19.0. The van der Waals surface area contributed by atoms with E-state index >= 15 is 0 Å². The SMILES string of the molecule is C=CCN1CCCCC1Cc1cccc(-c2cccnc2)c1. The first-order chi connectivity index (χ1) is 10.9. The van der Waals surface area contributed by atoms with Crippen molar-refractivity contribution in [1.82, 2.24) is 9.88 Å². The largest absolute Gasteiger partial charge is 0.296 e. The first kappa shape index (κ1) is 15.0. The number of likely N-dealkylation sites (tertiary alicyclic amines) is 1. The Balaban J connectivity index is 1.76. The molecular weight excluding hydrogens is 268 g/mol. The van der Waals surface area contributed by atoms with E-state index in [0.29, 0.717) is 6.04 Å². The van der Waals surface area contributed by atoms with Crippen LogP contribution in [0.1, 0.15) is 24.8 Å². The Labute approximate surface area is 133 Å². The Morgan fingerprint density at radius 3 is 2.91 bits per heavy atom. The van der Waals surface area contributed by atoms with E-state index in [9.17, 15) is 0 Å². The Kier molecular flexibility index (Phi) is 5.02. The summed E-state index contributed by atoms with van der Waals surface area (Å²) in [6.45, 7) is 6.12. The fourth-order valence-electron chi connectivity index (χ4n) is 3.38. The van der Waals surface area contributed by atoms with Gasteiger partial charge in [0.05, 0.1) is 0 Å². The highest BCUT2D eigenvalue weighted by molar-refractivity contribution is 5.62. The average Bonchev–Trinajstić information content (AvgIpc) is 2.58. The van der Waals surface area contributed by atoms with Crippen LogP contribution in [0.5, 0.6) is 0 Å².